The quantitative estimate of drug-likeness (QED) is 0.914. The SMILES string of the molecule is NCc1nc(C(=O)N2CCN(c3ccccn3)CC2)cs1. The predicted octanol–water partition coefficient (Wildman–Crippen LogP) is 0.959. The van der Waals surface area contributed by atoms with Crippen molar-refractivity contribution in [3.05, 3.63) is 40.5 Å². The number of pyridine rings is 1. The zero-order chi connectivity index (χ0) is 14.7. The minimum absolute atomic E-state index is 0.00776. The minimum Gasteiger partial charge on any atom is -0.353 e. The largest absolute Gasteiger partial charge is 0.353 e. The van der Waals surface area contributed by atoms with E-state index in [1.165, 1.54) is 11.3 Å². The molecule has 1 fully saturated rings. The summed E-state index contributed by atoms with van der Waals surface area (Å²) >= 11 is 1.44. The van der Waals surface area contributed by atoms with Gasteiger partial charge in [-0.05, 0) is 12.1 Å². The van der Waals surface area contributed by atoms with Crippen LogP contribution in [0.4, 0.5) is 5.82 Å². The number of nitrogens with two attached hydrogens (primary N) is 1. The Morgan fingerprint density at radius 1 is 1.29 bits per heavy atom. The van der Waals surface area contributed by atoms with E-state index in [0.717, 1.165) is 23.9 Å². The summed E-state index contributed by atoms with van der Waals surface area (Å²) in [4.78, 5) is 25.0. The summed E-state index contributed by atoms with van der Waals surface area (Å²) in [5.41, 5.74) is 6.04. The van der Waals surface area contributed by atoms with Crippen LogP contribution in [0.3, 0.4) is 0 Å². The van der Waals surface area contributed by atoms with Crippen molar-refractivity contribution in [2.75, 3.05) is 31.1 Å². The molecule has 3 heterocycles. The molecular weight excluding hydrogens is 286 g/mol. The maximum absolute atomic E-state index is 12.4. The number of aromatic nitrogens is 2. The van der Waals surface area contributed by atoms with Gasteiger partial charge in [0.05, 0.1) is 0 Å². The molecule has 0 aliphatic carbocycles. The summed E-state index contributed by atoms with van der Waals surface area (Å²) in [5.74, 6) is 0.954. The Morgan fingerprint density at radius 2 is 2.10 bits per heavy atom. The van der Waals surface area contributed by atoms with E-state index in [9.17, 15) is 4.79 Å². The zero-order valence-corrected chi connectivity index (χ0v) is 12.4. The normalized spacial score (nSPS) is 15.3. The minimum atomic E-state index is -0.00776. The van der Waals surface area contributed by atoms with Gasteiger partial charge in [-0.25, -0.2) is 9.97 Å². The molecule has 0 saturated carbocycles. The third-order valence-corrected chi connectivity index (χ3v) is 4.36. The Kier molecular flexibility index (Phi) is 4.12. The van der Waals surface area contributed by atoms with Crippen LogP contribution in [0.2, 0.25) is 0 Å². The van der Waals surface area contributed by atoms with E-state index < -0.39 is 0 Å². The molecule has 1 aliphatic heterocycles. The third kappa shape index (κ3) is 3.03. The average Bonchev–Trinajstić information content (AvgIpc) is 3.04. The van der Waals surface area contributed by atoms with E-state index in [-0.39, 0.29) is 5.91 Å². The van der Waals surface area contributed by atoms with Crippen molar-refractivity contribution in [1.82, 2.24) is 14.9 Å². The first kappa shape index (κ1) is 14.0. The van der Waals surface area contributed by atoms with Crippen LogP contribution in [-0.4, -0.2) is 47.0 Å². The van der Waals surface area contributed by atoms with Crippen molar-refractivity contribution >= 4 is 23.1 Å². The Hall–Kier alpha value is -1.99. The molecule has 7 heteroatoms. The van der Waals surface area contributed by atoms with Crippen molar-refractivity contribution in [3.8, 4) is 0 Å². The van der Waals surface area contributed by atoms with Crippen LogP contribution in [0.25, 0.3) is 0 Å². The summed E-state index contributed by atoms with van der Waals surface area (Å²) in [6.07, 6.45) is 1.79. The lowest BCUT2D eigenvalue weighted by molar-refractivity contribution is 0.0741. The highest BCUT2D eigenvalue weighted by atomic mass is 32.1. The van der Waals surface area contributed by atoms with Gasteiger partial charge in [0.1, 0.15) is 16.5 Å². The number of piperazine rings is 1. The molecule has 0 bridgehead atoms. The molecule has 3 rings (SSSR count). The highest BCUT2D eigenvalue weighted by Crippen LogP contribution is 2.16. The van der Waals surface area contributed by atoms with Crippen molar-refractivity contribution in [1.29, 1.82) is 0 Å². The number of carbonyl (C=O) groups is 1. The van der Waals surface area contributed by atoms with Gasteiger partial charge in [0.15, 0.2) is 0 Å². The van der Waals surface area contributed by atoms with Gasteiger partial charge in [-0.2, -0.15) is 0 Å². The lowest BCUT2D eigenvalue weighted by Gasteiger charge is -2.35. The molecule has 2 aromatic rings. The first-order valence-electron chi connectivity index (χ1n) is 6.87. The number of amides is 1. The molecule has 21 heavy (non-hydrogen) atoms. The van der Waals surface area contributed by atoms with Gasteiger partial charge in [-0.3, -0.25) is 4.79 Å². The van der Waals surface area contributed by atoms with Crippen molar-refractivity contribution < 1.29 is 4.79 Å². The molecule has 110 valence electrons. The second kappa shape index (κ2) is 6.19. The van der Waals surface area contributed by atoms with E-state index in [4.69, 9.17) is 5.73 Å². The van der Waals surface area contributed by atoms with Gasteiger partial charge in [0, 0.05) is 44.3 Å². The van der Waals surface area contributed by atoms with Crippen molar-refractivity contribution in [3.63, 3.8) is 0 Å². The molecule has 1 aliphatic rings. The number of carbonyl (C=O) groups excluding carboxylic acids is 1. The third-order valence-electron chi connectivity index (χ3n) is 3.49. The Bertz CT molecular complexity index is 607. The fourth-order valence-corrected chi connectivity index (χ4v) is 2.99. The van der Waals surface area contributed by atoms with Gasteiger partial charge in [0.25, 0.3) is 5.91 Å². The first-order valence-corrected chi connectivity index (χ1v) is 7.75. The van der Waals surface area contributed by atoms with Crippen molar-refractivity contribution in [2.24, 2.45) is 5.73 Å². The van der Waals surface area contributed by atoms with Crippen LogP contribution in [0, 0.1) is 0 Å². The first-order chi connectivity index (χ1) is 10.3. The predicted molar refractivity (Wildman–Crippen MR) is 82.4 cm³/mol. The second-order valence-electron chi connectivity index (χ2n) is 4.80. The fraction of sp³-hybridized carbons (Fsp3) is 0.357. The molecule has 2 N–H and O–H groups in total. The molecule has 1 saturated heterocycles. The summed E-state index contributed by atoms with van der Waals surface area (Å²) in [6.45, 7) is 3.33. The van der Waals surface area contributed by atoms with Gasteiger partial charge >= 0.3 is 0 Å². The highest BCUT2D eigenvalue weighted by molar-refractivity contribution is 7.09. The lowest BCUT2D eigenvalue weighted by atomic mass is 10.3. The molecule has 6 nitrogen and oxygen atoms in total. The van der Waals surface area contributed by atoms with E-state index in [2.05, 4.69) is 14.9 Å². The topological polar surface area (TPSA) is 75.3 Å². The number of hydrogen-bond donors (Lipinski definition) is 1. The molecule has 0 spiro atoms. The van der Waals surface area contributed by atoms with Crippen LogP contribution >= 0.6 is 11.3 Å². The van der Waals surface area contributed by atoms with Gasteiger partial charge in [0.2, 0.25) is 0 Å². The van der Waals surface area contributed by atoms with Crippen LogP contribution in [0.15, 0.2) is 29.8 Å². The van der Waals surface area contributed by atoms with Crippen LogP contribution in [0.1, 0.15) is 15.5 Å². The Balaban J connectivity index is 1.61. The van der Waals surface area contributed by atoms with Gasteiger partial charge in [-0.15, -0.1) is 11.3 Å². The summed E-state index contributed by atoms with van der Waals surface area (Å²) in [7, 11) is 0. The Labute approximate surface area is 127 Å². The fourth-order valence-electron chi connectivity index (χ4n) is 2.34. The molecule has 0 radical (unpaired) electrons. The number of anilines is 1. The van der Waals surface area contributed by atoms with Gasteiger partial charge < -0.3 is 15.5 Å². The van der Waals surface area contributed by atoms with E-state index >= 15 is 0 Å². The zero-order valence-electron chi connectivity index (χ0n) is 11.6. The number of nitrogens with zero attached hydrogens (tertiary/aromatic N) is 4. The second-order valence-corrected chi connectivity index (χ2v) is 5.74. The smallest absolute Gasteiger partial charge is 0.273 e. The van der Waals surface area contributed by atoms with E-state index in [1.807, 2.05) is 23.1 Å². The average molecular weight is 303 g/mol. The molecular formula is C14H17N5OS. The van der Waals surface area contributed by atoms with Crippen LogP contribution in [0.5, 0.6) is 0 Å². The molecule has 0 atom stereocenters. The van der Waals surface area contributed by atoms with Crippen LogP contribution < -0.4 is 10.6 Å². The maximum Gasteiger partial charge on any atom is 0.273 e. The monoisotopic (exact) mass is 303 g/mol. The molecule has 0 unspecified atom stereocenters. The summed E-state index contributed by atoms with van der Waals surface area (Å²) in [6, 6.07) is 5.87. The molecule has 0 aromatic carbocycles. The highest BCUT2D eigenvalue weighted by Gasteiger charge is 2.24. The summed E-state index contributed by atoms with van der Waals surface area (Å²) in [5, 5.41) is 2.58. The number of hydrogen-bond acceptors (Lipinski definition) is 6. The molecule has 2 aromatic heterocycles. The summed E-state index contributed by atoms with van der Waals surface area (Å²) < 4.78 is 0. The van der Waals surface area contributed by atoms with E-state index in [1.54, 1.807) is 11.6 Å². The number of rotatable bonds is 3. The lowest BCUT2D eigenvalue weighted by Crippen LogP contribution is -2.49. The van der Waals surface area contributed by atoms with Gasteiger partial charge in [-0.1, -0.05) is 6.07 Å². The van der Waals surface area contributed by atoms with Crippen LogP contribution in [-0.2, 0) is 6.54 Å². The molecule has 1 amide bonds. The number of thiazole rings is 1. The van der Waals surface area contributed by atoms with E-state index in [0.29, 0.717) is 25.3 Å². The standard InChI is InChI=1S/C14H17N5OS/c15-9-13-17-11(10-21-13)14(20)19-7-5-18(6-8-19)12-3-1-2-4-16-12/h1-4,10H,5-9,15H2. The Morgan fingerprint density at radius 3 is 2.71 bits per heavy atom. The van der Waals surface area contributed by atoms with Crippen molar-refractivity contribution in [2.45, 2.75) is 6.54 Å². The maximum atomic E-state index is 12.4.